The smallest absolute Gasteiger partial charge is 0.117 e. The first-order chi connectivity index (χ1) is 9.24. The summed E-state index contributed by atoms with van der Waals surface area (Å²) in [5, 5.41) is 2.05. The molecule has 1 aromatic heterocycles. The second-order valence-electron chi connectivity index (χ2n) is 4.32. The lowest BCUT2D eigenvalue weighted by molar-refractivity contribution is 1.10. The summed E-state index contributed by atoms with van der Waals surface area (Å²) in [6, 6.07) is 14.0. The van der Waals surface area contributed by atoms with Crippen LogP contribution in [0.3, 0.4) is 0 Å². The molecule has 0 radical (unpaired) electrons. The van der Waals surface area contributed by atoms with Crippen LogP contribution in [-0.2, 0) is 0 Å². The van der Waals surface area contributed by atoms with E-state index in [1.54, 1.807) is 18.1 Å². The molecule has 0 spiro atoms. The van der Waals surface area contributed by atoms with Gasteiger partial charge in [-0.05, 0) is 36.8 Å². The molecule has 0 amide bonds. The average molecular weight is 267 g/mol. The molecule has 0 aliphatic rings. The molecule has 0 unspecified atom stereocenters. The van der Waals surface area contributed by atoms with Gasteiger partial charge in [0.15, 0.2) is 0 Å². The van der Waals surface area contributed by atoms with E-state index in [1.807, 2.05) is 42.5 Å². The van der Waals surface area contributed by atoms with Gasteiger partial charge >= 0.3 is 0 Å². The zero-order valence-electron chi connectivity index (χ0n) is 10.5. The number of nitrogen functional groups attached to an aromatic ring is 1. The SMILES string of the molecule is Cc1cc(N)ccc1Sc1ncnc2ccccc12. The molecule has 0 saturated carbocycles. The lowest BCUT2D eigenvalue weighted by atomic mass is 10.2. The highest BCUT2D eigenvalue weighted by atomic mass is 32.2. The molecule has 3 rings (SSSR count). The monoisotopic (exact) mass is 267 g/mol. The molecule has 19 heavy (non-hydrogen) atoms. The molecule has 0 saturated heterocycles. The summed E-state index contributed by atoms with van der Waals surface area (Å²) in [4.78, 5) is 9.83. The number of nitrogens with zero attached hydrogens (tertiary/aromatic N) is 2. The quantitative estimate of drug-likeness (QED) is 0.568. The maximum atomic E-state index is 5.78. The van der Waals surface area contributed by atoms with Gasteiger partial charge in [-0.2, -0.15) is 0 Å². The average Bonchev–Trinajstić information content (AvgIpc) is 2.42. The number of fused-ring (bicyclic) bond motifs is 1. The molecule has 0 aliphatic heterocycles. The Kier molecular flexibility index (Phi) is 3.09. The molecule has 3 aromatic rings. The Morgan fingerprint density at radius 3 is 2.74 bits per heavy atom. The van der Waals surface area contributed by atoms with E-state index < -0.39 is 0 Å². The van der Waals surface area contributed by atoms with Crippen molar-refractivity contribution in [2.75, 3.05) is 5.73 Å². The van der Waals surface area contributed by atoms with Crippen LogP contribution in [0.2, 0.25) is 0 Å². The highest BCUT2D eigenvalue weighted by Crippen LogP contribution is 2.33. The lowest BCUT2D eigenvalue weighted by Crippen LogP contribution is -1.89. The first-order valence-corrected chi connectivity index (χ1v) is 6.79. The summed E-state index contributed by atoms with van der Waals surface area (Å²) in [6.45, 7) is 2.06. The predicted molar refractivity (Wildman–Crippen MR) is 79.3 cm³/mol. The van der Waals surface area contributed by atoms with Crippen LogP contribution in [0.4, 0.5) is 5.69 Å². The largest absolute Gasteiger partial charge is 0.399 e. The van der Waals surface area contributed by atoms with Crippen molar-refractivity contribution < 1.29 is 0 Å². The van der Waals surface area contributed by atoms with Gasteiger partial charge in [0.05, 0.1) is 5.52 Å². The van der Waals surface area contributed by atoms with Crippen LogP contribution in [0.15, 0.2) is 58.7 Å². The topological polar surface area (TPSA) is 51.8 Å². The number of aryl methyl sites for hydroxylation is 1. The summed E-state index contributed by atoms with van der Waals surface area (Å²) < 4.78 is 0. The second kappa shape index (κ2) is 4.90. The van der Waals surface area contributed by atoms with E-state index in [0.717, 1.165) is 32.1 Å². The highest BCUT2D eigenvalue weighted by molar-refractivity contribution is 7.99. The molecule has 0 bridgehead atoms. The Bertz CT molecular complexity index is 735. The van der Waals surface area contributed by atoms with Gasteiger partial charge in [-0.1, -0.05) is 30.0 Å². The fourth-order valence-corrected chi connectivity index (χ4v) is 2.90. The molecule has 3 nitrogen and oxygen atoms in total. The Morgan fingerprint density at radius 2 is 1.89 bits per heavy atom. The molecule has 2 aromatic carbocycles. The van der Waals surface area contributed by atoms with Crippen molar-refractivity contribution >= 4 is 28.4 Å². The van der Waals surface area contributed by atoms with Crippen molar-refractivity contribution in [3.8, 4) is 0 Å². The number of anilines is 1. The van der Waals surface area contributed by atoms with Crippen LogP contribution >= 0.6 is 11.8 Å². The van der Waals surface area contributed by atoms with Crippen LogP contribution in [0.25, 0.3) is 10.9 Å². The minimum absolute atomic E-state index is 0.786. The van der Waals surface area contributed by atoms with Crippen LogP contribution in [0, 0.1) is 6.92 Å². The van der Waals surface area contributed by atoms with Gasteiger partial charge in [-0.25, -0.2) is 9.97 Å². The third-order valence-electron chi connectivity index (χ3n) is 2.91. The van der Waals surface area contributed by atoms with Crippen LogP contribution in [0.1, 0.15) is 5.56 Å². The van der Waals surface area contributed by atoms with E-state index in [9.17, 15) is 0 Å². The Morgan fingerprint density at radius 1 is 1.05 bits per heavy atom. The number of benzene rings is 2. The number of para-hydroxylation sites is 1. The van der Waals surface area contributed by atoms with Crippen molar-refractivity contribution in [3.63, 3.8) is 0 Å². The minimum Gasteiger partial charge on any atom is -0.399 e. The molecule has 4 heteroatoms. The van der Waals surface area contributed by atoms with Gasteiger partial charge in [-0.3, -0.25) is 0 Å². The Labute approximate surface area is 115 Å². The molecule has 1 heterocycles. The fourth-order valence-electron chi connectivity index (χ4n) is 1.95. The zero-order valence-corrected chi connectivity index (χ0v) is 11.3. The highest BCUT2D eigenvalue weighted by Gasteiger charge is 2.07. The van der Waals surface area contributed by atoms with E-state index >= 15 is 0 Å². The van der Waals surface area contributed by atoms with Gasteiger partial charge in [0.2, 0.25) is 0 Å². The molecule has 94 valence electrons. The van der Waals surface area contributed by atoms with E-state index in [2.05, 4.69) is 16.9 Å². The van der Waals surface area contributed by atoms with Gasteiger partial charge in [0.25, 0.3) is 0 Å². The number of rotatable bonds is 2. The van der Waals surface area contributed by atoms with Crippen LogP contribution < -0.4 is 5.73 Å². The van der Waals surface area contributed by atoms with Gasteiger partial charge < -0.3 is 5.73 Å². The zero-order chi connectivity index (χ0) is 13.2. The third kappa shape index (κ3) is 2.39. The summed E-state index contributed by atoms with van der Waals surface area (Å²) in [7, 11) is 0. The van der Waals surface area contributed by atoms with Crippen LogP contribution in [0.5, 0.6) is 0 Å². The van der Waals surface area contributed by atoms with Crippen molar-refractivity contribution in [2.45, 2.75) is 16.8 Å². The summed E-state index contributed by atoms with van der Waals surface area (Å²) in [5.74, 6) is 0. The van der Waals surface area contributed by atoms with Crippen molar-refractivity contribution in [1.29, 1.82) is 0 Å². The Balaban J connectivity index is 2.06. The lowest BCUT2D eigenvalue weighted by Gasteiger charge is -2.07. The first-order valence-electron chi connectivity index (χ1n) is 5.98. The standard InChI is InChI=1S/C15H13N3S/c1-10-8-11(16)6-7-14(10)19-15-12-4-2-3-5-13(12)17-9-18-15/h2-9H,16H2,1H3. The molecule has 0 atom stereocenters. The van der Waals surface area contributed by atoms with Gasteiger partial charge in [-0.15, -0.1) is 0 Å². The summed E-state index contributed by atoms with van der Waals surface area (Å²) >= 11 is 1.65. The summed E-state index contributed by atoms with van der Waals surface area (Å²) in [5.41, 5.74) is 8.69. The van der Waals surface area contributed by atoms with Crippen LogP contribution in [-0.4, -0.2) is 9.97 Å². The number of nitrogens with two attached hydrogens (primary N) is 1. The van der Waals surface area contributed by atoms with E-state index in [-0.39, 0.29) is 0 Å². The number of hydrogen-bond acceptors (Lipinski definition) is 4. The van der Waals surface area contributed by atoms with Gasteiger partial charge in [0, 0.05) is 16.0 Å². The maximum absolute atomic E-state index is 5.78. The minimum atomic E-state index is 0.786. The fraction of sp³-hybridized carbons (Fsp3) is 0.0667. The molecular formula is C15H13N3S. The summed E-state index contributed by atoms with van der Waals surface area (Å²) in [6.07, 6.45) is 1.61. The maximum Gasteiger partial charge on any atom is 0.117 e. The number of aromatic nitrogens is 2. The second-order valence-corrected chi connectivity index (χ2v) is 5.35. The van der Waals surface area contributed by atoms with E-state index in [1.165, 1.54) is 0 Å². The van der Waals surface area contributed by atoms with Crippen molar-refractivity contribution in [1.82, 2.24) is 9.97 Å². The predicted octanol–water partition coefficient (Wildman–Crippen LogP) is 3.67. The van der Waals surface area contributed by atoms with Gasteiger partial charge in [0.1, 0.15) is 11.4 Å². The van der Waals surface area contributed by atoms with Crippen molar-refractivity contribution in [2.24, 2.45) is 0 Å². The molecule has 2 N–H and O–H groups in total. The molecule has 0 fully saturated rings. The van der Waals surface area contributed by atoms with Crippen molar-refractivity contribution in [3.05, 3.63) is 54.4 Å². The van der Waals surface area contributed by atoms with E-state index in [0.29, 0.717) is 0 Å². The normalized spacial score (nSPS) is 10.8. The number of hydrogen-bond donors (Lipinski definition) is 1. The molecular weight excluding hydrogens is 254 g/mol. The third-order valence-corrected chi connectivity index (χ3v) is 4.11. The first kappa shape index (κ1) is 12.0. The Hall–Kier alpha value is -2.07. The molecule has 0 aliphatic carbocycles. The van der Waals surface area contributed by atoms with E-state index in [4.69, 9.17) is 5.73 Å².